The molecule has 7 aromatic rings. The van der Waals surface area contributed by atoms with Gasteiger partial charge in [-0.05, 0) is 62.4 Å². The van der Waals surface area contributed by atoms with Crippen LogP contribution in [-0.4, -0.2) is 9.97 Å². The van der Waals surface area contributed by atoms with Crippen LogP contribution in [0.5, 0.6) is 11.5 Å². The minimum Gasteiger partial charge on any atom is -0.497 e. The van der Waals surface area contributed by atoms with Crippen LogP contribution in [-0.2, 0) is 32.9 Å². The van der Waals surface area contributed by atoms with Crippen LogP contribution in [0.15, 0.2) is 97.3 Å². The number of rotatable bonds is 5. The summed E-state index contributed by atoms with van der Waals surface area (Å²) in [6.45, 7) is 13.5. The summed E-state index contributed by atoms with van der Waals surface area (Å²) in [5.41, 5.74) is 6.48. The van der Waals surface area contributed by atoms with E-state index < -0.39 is 0 Å². The fourth-order valence-electron chi connectivity index (χ4n) is 5.92. The van der Waals surface area contributed by atoms with Gasteiger partial charge in [0.1, 0.15) is 0 Å². The van der Waals surface area contributed by atoms with Gasteiger partial charge < -0.3 is 14.7 Å². The number of hydrogen-bond acceptors (Lipinski definition) is 4. The van der Waals surface area contributed by atoms with Crippen molar-refractivity contribution in [2.45, 2.75) is 53.4 Å². The van der Waals surface area contributed by atoms with Crippen LogP contribution in [0.1, 0.15) is 52.7 Å². The van der Waals surface area contributed by atoms with Crippen LogP contribution in [0, 0.1) is 17.5 Å². The Balaban J connectivity index is 0.00000372. The molecule has 0 aliphatic rings. The van der Waals surface area contributed by atoms with Gasteiger partial charge in [0.05, 0.1) is 0 Å². The van der Waals surface area contributed by atoms with E-state index in [0.29, 0.717) is 11.5 Å². The second kappa shape index (κ2) is 12.4. The van der Waals surface area contributed by atoms with E-state index in [4.69, 9.17) is 9.72 Å². The molecule has 0 aliphatic carbocycles. The molecule has 0 saturated heterocycles. The molecule has 0 atom stereocenters. The topological polar surface area (TPSA) is 35.0 Å². The maximum Gasteiger partial charge on any atom is 2.00 e. The van der Waals surface area contributed by atoms with Gasteiger partial charge in [-0.1, -0.05) is 90.1 Å². The van der Waals surface area contributed by atoms with E-state index in [1.54, 1.807) is 0 Å². The van der Waals surface area contributed by atoms with E-state index in [9.17, 15) is 0 Å². The summed E-state index contributed by atoms with van der Waals surface area (Å²) in [6.07, 6.45) is 4.82. The largest absolute Gasteiger partial charge is 2.00 e. The molecule has 46 heavy (non-hydrogen) atoms. The van der Waals surface area contributed by atoms with Crippen molar-refractivity contribution >= 4 is 42.3 Å². The Bertz CT molecular complexity index is 2200. The molecule has 0 saturated carbocycles. The first kappa shape index (κ1) is 32.1. The molecule has 0 amide bonds. The van der Waals surface area contributed by atoms with Crippen molar-refractivity contribution in [3.8, 4) is 34.0 Å². The Kier molecular flexibility index (Phi) is 8.65. The van der Waals surface area contributed by atoms with Crippen molar-refractivity contribution in [3.63, 3.8) is 0 Å². The van der Waals surface area contributed by atoms with Crippen LogP contribution in [0.4, 0.5) is 0 Å². The van der Waals surface area contributed by atoms with E-state index in [1.165, 1.54) is 37.4 Å². The van der Waals surface area contributed by atoms with Gasteiger partial charge >= 0.3 is 21.1 Å². The van der Waals surface area contributed by atoms with E-state index >= 15 is 0 Å². The first-order valence-electron chi connectivity index (χ1n) is 15.4. The second-order valence-electron chi connectivity index (χ2n) is 14.0. The third-order valence-electron chi connectivity index (χ3n) is 8.08. The molecule has 232 valence electrons. The summed E-state index contributed by atoms with van der Waals surface area (Å²) < 4.78 is 8.76. The Labute approximate surface area is 290 Å². The summed E-state index contributed by atoms with van der Waals surface area (Å²) in [5.74, 6) is 1.24. The molecule has 0 fully saturated rings. The molecule has 0 spiro atoms. The Morgan fingerprint density at radius 1 is 0.674 bits per heavy atom. The van der Waals surface area contributed by atoms with Gasteiger partial charge in [0.15, 0.2) is 0 Å². The maximum atomic E-state index is 6.31. The predicted molar refractivity (Wildman–Crippen MR) is 189 cm³/mol. The molecule has 0 aliphatic heterocycles. The van der Waals surface area contributed by atoms with Crippen LogP contribution >= 0.6 is 11.3 Å². The van der Waals surface area contributed by atoms with E-state index in [-0.39, 0.29) is 31.9 Å². The first-order chi connectivity index (χ1) is 21.5. The molecule has 0 bridgehead atoms. The zero-order valence-electron chi connectivity index (χ0n) is 27.0. The number of nitrogens with zero attached hydrogens (tertiary/aromatic N) is 2. The number of thiophene rings is 1. The zero-order valence-corrected chi connectivity index (χ0v) is 30.1. The zero-order chi connectivity index (χ0) is 31.3. The standard InChI is InChI=1S/C41H36N2OS.Pt/c1-40(2,3)25-26-13-15-33-27(21-26)14-16-34-35-18-20-43-37(39(35)45-38(33)34)29-10-8-12-32(23-29)44-31-11-7-9-28(22-31)36-24-30(17-19-42-36)41(4,5)6;/h7-21,24H,25H2,1-6H3;/q-2;+2. The quantitative estimate of drug-likeness (QED) is 0.163. The van der Waals surface area contributed by atoms with Crippen LogP contribution in [0.2, 0.25) is 0 Å². The summed E-state index contributed by atoms with van der Waals surface area (Å²) >= 11 is 1.81. The molecule has 0 N–H and O–H groups in total. The van der Waals surface area contributed by atoms with Gasteiger partial charge in [0, 0.05) is 44.4 Å². The van der Waals surface area contributed by atoms with Crippen molar-refractivity contribution in [3.05, 3.63) is 121 Å². The average Bonchev–Trinajstić information content (AvgIpc) is 3.39. The van der Waals surface area contributed by atoms with E-state index in [2.05, 4.69) is 113 Å². The van der Waals surface area contributed by atoms with Crippen molar-refractivity contribution in [1.82, 2.24) is 9.97 Å². The summed E-state index contributed by atoms with van der Waals surface area (Å²) in [4.78, 5) is 9.45. The molecular weight excluding hydrogens is 764 g/mol. The maximum absolute atomic E-state index is 6.31. The average molecular weight is 800 g/mol. The van der Waals surface area contributed by atoms with Crippen molar-refractivity contribution < 1.29 is 25.8 Å². The Morgan fingerprint density at radius 2 is 1.35 bits per heavy atom. The van der Waals surface area contributed by atoms with Gasteiger partial charge in [-0.3, -0.25) is 0 Å². The molecule has 0 unspecified atom stereocenters. The summed E-state index contributed by atoms with van der Waals surface area (Å²) in [6, 6.07) is 36.6. The van der Waals surface area contributed by atoms with Gasteiger partial charge in [-0.15, -0.1) is 58.9 Å². The number of hydrogen-bond donors (Lipinski definition) is 0. The predicted octanol–water partition coefficient (Wildman–Crippen LogP) is 11.6. The van der Waals surface area contributed by atoms with E-state index in [0.717, 1.165) is 33.6 Å². The minimum absolute atomic E-state index is 0. The molecule has 5 heteroatoms. The SMILES string of the molecule is CC(C)(C)Cc1ccc2c(ccc3c4ccnc(-c5[c-]c(Oc6[c-]c(-c7cc(C(C)(C)C)ccn7)ccc6)ccc5)c4sc23)c1.[Pt+2]. The number of benzene rings is 4. The third-order valence-corrected chi connectivity index (χ3v) is 9.34. The molecule has 3 nitrogen and oxygen atoms in total. The summed E-state index contributed by atoms with van der Waals surface area (Å²) in [7, 11) is 0. The van der Waals surface area contributed by atoms with Gasteiger partial charge in [-0.25, -0.2) is 0 Å². The smallest absolute Gasteiger partial charge is 0.497 e. The molecule has 3 aromatic heterocycles. The number of aromatic nitrogens is 2. The second-order valence-corrected chi connectivity index (χ2v) is 15.0. The van der Waals surface area contributed by atoms with Crippen LogP contribution in [0.3, 0.4) is 0 Å². The fraction of sp³-hybridized carbons (Fsp3) is 0.220. The Morgan fingerprint density at radius 3 is 2.09 bits per heavy atom. The van der Waals surface area contributed by atoms with Crippen molar-refractivity contribution in [2.24, 2.45) is 5.41 Å². The fourth-order valence-corrected chi connectivity index (χ4v) is 7.25. The summed E-state index contributed by atoms with van der Waals surface area (Å²) in [5, 5.41) is 5.05. The molecule has 7 rings (SSSR count). The molecule has 4 aromatic carbocycles. The third kappa shape index (κ3) is 6.52. The Hall–Kier alpha value is -3.85. The molecule has 3 heterocycles. The van der Waals surface area contributed by atoms with Crippen molar-refractivity contribution in [2.75, 3.05) is 0 Å². The normalized spacial score (nSPS) is 12.0. The van der Waals surface area contributed by atoms with Gasteiger partial charge in [0.2, 0.25) is 0 Å². The number of pyridine rings is 2. The minimum atomic E-state index is 0. The van der Waals surface area contributed by atoms with Crippen molar-refractivity contribution in [1.29, 1.82) is 0 Å². The number of ether oxygens (including phenoxy) is 1. The van der Waals surface area contributed by atoms with Crippen LogP contribution in [0.25, 0.3) is 53.5 Å². The van der Waals surface area contributed by atoms with Crippen LogP contribution < -0.4 is 4.74 Å². The van der Waals surface area contributed by atoms with E-state index in [1.807, 2.05) is 54.1 Å². The molecular formula is C41H36N2OPtS. The molecule has 0 radical (unpaired) electrons. The number of fused-ring (bicyclic) bond motifs is 5. The van der Waals surface area contributed by atoms with Gasteiger partial charge in [0.25, 0.3) is 0 Å². The van der Waals surface area contributed by atoms with Gasteiger partial charge in [-0.2, -0.15) is 0 Å². The first-order valence-corrected chi connectivity index (χ1v) is 16.3. The monoisotopic (exact) mass is 799 g/mol.